The number of hydrogen-bond acceptors (Lipinski definition) is 3. The molecule has 0 bridgehead atoms. The van der Waals surface area contributed by atoms with E-state index in [1.807, 2.05) is 11.9 Å². The molecular weight excluding hydrogens is 317 g/mol. The molecule has 1 saturated heterocycles. The topological polar surface area (TPSA) is 52.7 Å². The molecule has 1 aliphatic carbocycles. The van der Waals surface area contributed by atoms with Crippen LogP contribution in [0.5, 0.6) is 0 Å². The molecule has 3 rings (SSSR count). The monoisotopic (exact) mass is 341 g/mol. The maximum atomic E-state index is 14.1. The number of piperazine rings is 1. The molecule has 0 radical (unpaired) electrons. The highest BCUT2D eigenvalue weighted by Gasteiger charge is 2.34. The molecule has 1 aromatic carbocycles. The van der Waals surface area contributed by atoms with Crippen LogP contribution in [0.15, 0.2) is 24.3 Å². The number of rotatable bonds is 4. The van der Waals surface area contributed by atoms with Crippen LogP contribution in [0.1, 0.15) is 37.3 Å². The molecule has 1 N–H and O–H groups in total. The second kappa shape index (κ2) is 6.84. The van der Waals surface area contributed by atoms with E-state index in [-0.39, 0.29) is 24.4 Å². The van der Waals surface area contributed by atoms with Crippen LogP contribution >= 0.6 is 0 Å². The van der Waals surface area contributed by atoms with E-state index < -0.39 is 10.2 Å². The molecule has 1 aliphatic heterocycles. The summed E-state index contributed by atoms with van der Waals surface area (Å²) in [6.45, 7) is 1.30. The van der Waals surface area contributed by atoms with Crippen LogP contribution in [0, 0.1) is 5.82 Å². The Hall–Kier alpha value is -1.02. The van der Waals surface area contributed by atoms with Gasteiger partial charge in [-0.25, -0.2) is 4.39 Å². The number of halogens is 1. The predicted octanol–water partition coefficient (Wildman–Crippen LogP) is 1.89. The summed E-state index contributed by atoms with van der Waals surface area (Å²) in [6.07, 6.45) is 3.97. The first-order valence-corrected chi connectivity index (χ1v) is 9.63. The van der Waals surface area contributed by atoms with Crippen LogP contribution in [-0.2, 0) is 10.2 Å². The van der Waals surface area contributed by atoms with Gasteiger partial charge in [0.05, 0.1) is 6.04 Å². The van der Waals surface area contributed by atoms with Crippen molar-refractivity contribution in [2.75, 3.05) is 26.7 Å². The average Bonchev–Trinajstić information content (AvgIpc) is 3.00. The van der Waals surface area contributed by atoms with E-state index in [2.05, 4.69) is 4.72 Å². The van der Waals surface area contributed by atoms with E-state index in [4.69, 9.17) is 0 Å². The van der Waals surface area contributed by atoms with E-state index >= 15 is 0 Å². The van der Waals surface area contributed by atoms with E-state index in [0.717, 1.165) is 25.7 Å². The Morgan fingerprint density at radius 1 is 1.17 bits per heavy atom. The first-order valence-electron chi connectivity index (χ1n) is 8.19. The van der Waals surface area contributed by atoms with Gasteiger partial charge in [-0.05, 0) is 26.0 Å². The van der Waals surface area contributed by atoms with Crippen LogP contribution in [-0.4, -0.2) is 50.3 Å². The molecule has 0 aromatic heterocycles. The first-order chi connectivity index (χ1) is 11.0. The molecule has 2 fully saturated rings. The van der Waals surface area contributed by atoms with Crippen LogP contribution in [0.2, 0.25) is 0 Å². The van der Waals surface area contributed by atoms with Crippen molar-refractivity contribution in [3.05, 3.63) is 35.6 Å². The largest absolute Gasteiger partial charge is 0.297 e. The van der Waals surface area contributed by atoms with Crippen molar-refractivity contribution >= 4 is 10.2 Å². The first kappa shape index (κ1) is 16.8. The second-order valence-corrected chi connectivity index (χ2v) is 8.18. The van der Waals surface area contributed by atoms with Gasteiger partial charge in [-0.1, -0.05) is 31.0 Å². The quantitative estimate of drug-likeness (QED) is 0.910. The fourth-order valence-corrected chi connectivity index (χ4v) is 4.94. The molecule has 1 heterocycles. The van der Waals surface area contributed by atoms with Gasteiger partial charge in [0.25, 0.3) is 10.2 Å². The van der Waals surface area contributed by atoms with Gasteiger partial charge < -0.3 is 0 Å². The minimum absolute atomic E-state index is 0.0477. The Bertz CT molecular complexity index is 646. The molecule has 23 heavy (non-hydrogen) atoms. The summed E-state index contributed by atoms with van der Waals surface area (Å²) < 4.78 is 43.6. The molecule has 7 heteroatoms. The van der Waals surface area contributed by atoms with Gasteiger partial charge in [-0.15, -0.1) is 0 Å². The van der Waals surface area contributed by atoms with Gasteiger partial charge in [0, 0.05) is 31.2 Å². The lowest BCUT2D eigenvalue weighted by molar-refractivity contribution is 0.144. The number of hydrogen-bond donors (Lipinski definition) is 1. The highest BCUT2D eigenvalue weighted by atomic mass is 32.2. The maximum Gasteiger partial charge on any atom is 0.279 e. The van der Waals surface area contributed by atoms with E-state index in [1.165, 1.54) is 10.4 Å². The summed E-state index contributed by atoms with van der Waals surface area (Å²) in [7, 11) is -1.60. The number of benzene rings is 1. The summed E-state index contributed by atoms with van der Waals surface area (Å²) in [5, 5.41) is 0. The van der Waals surface area contributed by atoms with Crippen LogP contribution in [0.4, 0.5) is 4.39 Å². The Labute approximate surface area is 137 Å². The lowest BCUT2D eigenvalue weighted by atomic mass is 10.0. The minimum Gasteiger partial charge on any atom is -0.297 e. The third-order valence-corrected chi connectivity index (χ3v) is 6.53. The van der Waals surface area contributed by atoms with Crippen molar-refractivity contribution in [1.82, 2.24) is 13.9 Å². The van der Waals surface area contributed by atoms with Crippen molar-refractivity contribution in [3.8, 4) is 0 Å². The normalized spacial score (nSPS) is 25.0. The van der Waals surface area contributed by atoms with Gasteiger partial charge in [0.1, 0.15) is 5.82 Å². The summed E-state index contributed by atoms with van der Waals surface area (Å²) in [4.78, 5) is 2.01. The van der Waals surface area contributed by atoms with E-state index in [9.17, 15) is 12.8 Å². The van der Waals surface area contributed by atoms with Gasteiger partial charge in [-0.2, -0.15) is 17.4 Å². The predicted molar refractivity (Wildman–Crippen MR) is 87.7 cm³/mol. The smallest absolute Gasteiger partial charge is 0.279 e. The zero-order valence-electron chi connectivity index (χ0n) is 13.4. The second-order valence-electron chi connectivity index (χ2n) is 6.48. The molecular formula is C16H24FN3O2S. The third kappa shape index (κ3) is 3.74. The average molecular weight is 341 g/mol. The van der Waals surface area contributed by atoms with Crippen molar-refractivity contribution in [1.29, 1.82) is 0 Å². The molecule has 5 nitrogen and oxygen atoms in total. The molecule has 128 valence electrons. The highest BCUT2D eigenvalue weighted by molar-refractivity contribution is 7.87. The zero-order chi connectivity index (χ0) is 16.4. The summed E-state index contributed by atoms with van der Waals surface area (Å²) in [5.74, 6) is -0.285. The summed E-state index contributed by atoms with van der Waals surface area (Å²) in [5.41, 5.74) is 0.552. The summed E-state index contributed by atoms with van der Waals surface area (Å²) in [6, 6.07) is 6.38. The Balaban J connectivity index is 1.76. The molecule has 1 aromatic rings. The third-order valence-electron chi connectivity index (χ3n) is 4.89. The highest BCUT2D eigenvalue weighted by Crippen LogP contribution is 2.27. The molecule has 1 saturated carbocycles. The van der Waals surface area contributed by atoms with Crippen molar-refractivity contribution in [2.45, 2.75) is 37.8 Å². The van der Waals surface area contributed by atoms with Gasteiger partial charge in [0.2, 0.25) is 0 Å². The van der Waals surface area contributed by atoms with Gasteiger partial charge in [0.15, 0.2) is 0 Å². The summed E-state index contributed by atoms with van der Waals surface area (Å²) >= 11 is 0. The standard InChI is InChI=1S/C16H24FN3O2S/c1-19-10-11-20(23(21,22)18-13-6-2-3-7-13)12-16(19)14-8-4-5-9-15(14)17/h4-5,8-9,13,16,18H,2-3,6-7,10-12H2,1H3. The zero-order valence-corrected chi connectivity index (χ0v) is 14.2. The van der Waals surface area contributed by atoms with Crippen LogP contribution in [0.3, 0.4) is 0 Å². The molecule has 0 amide bonds. The van der Waals surface area contributed by atoms with Crippen molar-refractivity contribution in [2.24, 2.45) is 0 Å². The fraction of sp³-hybridized carbons (Fsp3) is 0.625. The molecule has 0 spiro atoms. The minimum atomic E-state index is -3.51. The maximum absolute atomic E-state index is 14.1. The number of likely N-dealkylation sites (N-methyl/N-ethyl adjacent to an activating group) is 1. The van der Waals surface area contributed by atoms with Crippen molar-refractivity contribution in [3.63, 3.8) is 0 Å². The lowest BCUT2D eigenvalue weighted by Gasteiger charge is -2.39. The molecule has 1 unspecified atom stereocenters. The van der Waals surface area contributed by atoms with E-state index in [0.29, 0.717) is 18.7 Å². The van der Waals surface area contributed by atoms with Crippen molar-refractivity contribution < 1.29 is 12.8 Å². The number of nitrogens with one attached hydrogen (secondary N) is 1. The molecule has 1 atom stereocenters. The Morgan fingerprint density at radius 3 is 2.57 bits per heavy atom. The SMILES string of the molecule is CN1CCN(S(=O)(=O)NC2CCCC2)CC1c1ccccc1F. The van der Waals surface area contributed by atoms with Gasteiger partial charge in [-0.3, -0.25) is 4.90 Å². The number of nitrogens with zero attached hydrogens (tertiary/aromatic N) is 2. The molecule has 2 aliphatic rings. The van der Waals surface area contributed by atoms with Crippen LogP contribution < -0.4 is 4.72 Å². The van der Waals surface area contributed by atoms with E-state index in [1.54, 1.807) is 18.2 Å². The Kier molecular flexibility index (Phi) is 5.01. The lowest BCUT2D eigenvalue weighted by Crippen LogP contribution is -2.53. The fourth-order valence-electron chi connectivity index (χ4n) is 3.48. The van der Waals surface area contributed by atoms with Crippen LogP contribution in [0.25, 0.3) is 0 Å². The van der Waals surface area contributed by atoms with Gasteiger partial charge >= 0.3 is 0 Å². The Morgan fingerprint density at radius 2 is 1.87 bits per heavy atom.